The number of nitrogen functional groups attached to an aromatic ring is 1. The number of nitrogens with two attached hydrogens (primary N) is 1. The van der Waals surface area contributed by atoms with Crippen LogP contribution < -0.4 is 5.73 Å². The molecule has 3 nitrogen and oxygen atoms in total. The van der Waals surface area contributed by atoms with E-state index in [-0.39, 0.29) is 0 Å². The van der Waals surface area contributed by atoms with Crippen molar-refractivity contribution in [1.29, 1.82) is 0 Å². The van der Waals surface area contributed by atoms with E-state index in [1.54, 1.807) is 16.4 Å². The second-order valence-corrected chi connectivity index (χ2v) is 4.18. The lowest BCUT2D eigenvalue weighted by atomic mass is 10.1. The first-order chi connectivity index (χ1) is 7.20. The molecular formula is C11H13N3S. The van der Waals surface area contributed by atoms with Crippen molar-refractivity contribution in [2.75, 3.05) is 12.0 Å². The maximum Gasteiger partial charge on any atom is 0.0923 e. The first-order valence-electron chi connectivity index (χ1n) is 4.64. The fraction of sp³-hybridized carbons (Fsp3) is 0.182. The highest BCUT2D eigenvalue weighted by Gasteiger charge is 2.04. The van der Waals surface area contributed by atoms with E-state index in [2.05, 4.69) is 11.2 Å². The predicted molar refractivity (Wildman–Crippen MR) is 64.8 cm³/mol. The van der Waals surface area contributed by atoms with Crippen LogP contribution in [0.15, 0.2) is 35.4 Å². The Kier molecular flexibility index (Phi) is 2.68. The predicted octanol–water partition coefficient (Wildman–Crippen LogP) is 2.39. The topological polar surface area (TPSA) is 43.8 Å². The Hall–Kier alpha value is -1.42. The van der Waals surface area contributed by atoms with Crippen molar-refractivity contribution < 1.29 is 0 Å². The number of rotatable bonds is 2. The summed E-state index contributed by atoms with van der Waals surface area (Å²) in [6.45, 7) is 0. The highest BCUT2D eigenvalue weighted by molar-refractivity contribution is 7.98. The van der Waals surface area contributed by atoms with E-state index in [0.29, 0.717) is 0 Å². The zero-order valence-electron chi connectivity index (χ0n) is 8.77. The van der Waals surface area contributed by atoms with E-state index >= 15 is 0 Å². The quantitative estimate of drug-likeness (QED) is 0.623. The Balaban J connectivity index is 2.45. The second kappa shape index (κ2) is 3.98. The fourth-order valence-electron chi connectivity index (χ4n) is 1.44. The van der Waals surface area contributed by atoms with Gasteiger partial charge in [-0.05, 0) is 24.5 Å². The summed E-state index contributed by atoms with van der Waals surface area (Å²) in [4.78, 5) is 1.10. The van der Waals surface area contributed by atoms with Crippen LogP contribution in [0, 0.1) is 0 Å². The van der Waals surface area contributed by atoms with E-state index in [1.165, 1.54) is 0 Å². The zero-order chi connectivity index (χ0) is 10.8. The zero-order valence-corrected chi connectivity index (χ0v) is 9.58. The molecule has 0 aliphatic heterocycles. The van der Waals surface area contributed by atoms with E-state index in [1.807, 2.05) is 37.7 Å². The standard InChI is InChI=1S/C11H13N3S/c1-14-6-5-10(13-14)8-3-4-9(12)11(7-8)15-2/h3-7H,12H2,1-2H3. The fourth-order valence-corrected chi connectivity index (χ4v) is 1.99. The summed E-state index contributed by atoms with van der Waals surface area (Å²) >= 11 is 1.65. The molecule has 0 radical (unpaired) electrons. The van der Waals surface area contributed by atoms with Crippen LogP contribution >= 0.6 is 11.8 Å². The van der Waals surface area contributed by atoms with Gasteiger partial charge in [-0.25, -0.2) is 0 Å². The highest BCUT2D eigenvalue weighted by atomic mass is 32.2. The number of anilines is 1. The van der Waals surface area contributed by atoms with Crippen LogP contribution in [-0.4, -0.2) is 16.0 Å². The summed E-state index contributed by atoms with van der Waals surface area (Å²) in [6, 6.07) is 7.99. The van der Waals surface area contributed by atoms with Crippen molar-refractivity contribution in [2.45, 2.75) is 4.90 Å². The minimum Gasteiger partial charge on any atom is -0.398 e. The molecule has 0 aliphatic carbocycles. The van der Waals surface area contributed by atoms with Gasteiger partial charge in [0.15, 0.2) is 0 Å². The van der Waals surface area contributed by atoms with Gasteiger partial charge >= 0.3 is 0 Å². The number of aromatic nitrogens is 2. The van der Waals surface area contributed by atoms with Gasteiger partial charge in [-0.15, -0.1) is 11.8 Å². The van der Waals surface area contributed by atoms with Gasteiger partial charge in [0.25, 0.3) is 0 Å². The third kappa shape index (κ3) is 1.99. The molecule has 1 heterocycles. The van der Waals surface area contributed by atoms with Gasteiger partial charge in [-0.1, -0.05) is 6.07 Å². The molecule has 2 N–H and O–H groups in total. The molecule has 0 spiro atoms. The minimum absolute atomic E-state index is 0.821. The van der Waals surface area contributed by atoms with Gasteiger partial charge in [-0.2, -0.15) is 5.10 Å². The molecule has 0 fully saturated rings. The minimum atomic E-state index is 0.821. The van der Waals surface area contributed by atoms with Crippen LogP contribution in [0.4, 0.5) is 5.69 Å². The molecule has 1 aromatic heterocycles. The van der Waals surface area contributed by atoms with Crippen LogP contribution in [-0.2, 0) is 7.05 Å². The normalized spacial score (nSPS) is 10.5. The molecule has 0 amide bonds. The lowest BCUT2D eigenvalue weighted by Gasteiger charge is -2.04. The molecule has 2 rings (SSSR count). The van der Waals surface area contributed by atoms with Crippen LogP contribution in [0.2, 0.25) is 0 Å². The van der Waals surface area contributed by atoms with Crippen molar-refractivity contribution in [3.63, 3.8) is 0 Å². The molecule has 0 unspecified atom stereocenters. The monoisotopic (exact) mass is 219 g/mol. The Bertz CT molecular complexity index is 476. The average Bonchev–Trinajstić information content (AvgIpc) is 2.66. The Morgan fingerprint density at radius 1 is 1.33 bits per heavy atom. The molecule has 0 bridgehead atoms. The summed E-state index contributed by atoms with van der Waals surface area (Å²) in [5.74, 6) is 0. The molecule has 78 valence electrons. The molecule has 2 aromatic rings. The van der Waals surface area contributed by atoms with E-state index < -0.39 is 0 Å². The van der Waals surface area contributed by atoms with Gasteiger partial charge in [-0.3, -0.25) is 4.68 Å². The van der Waals surface area contributed by atoms with Crippen LogP contribution in [0.25, 0.3) is 11.3 Å². The Labute approximate surface area is 93.3 Å². The first kappa shape index (κ1) is 10.1. The van der Waals surface area contributed by atoms with Crippen molar-refractivity contribution in [3.05, 3.63) is 30.5 Å². The maximum absolute atomic E-state index is 5.84. The van der Waals surface area contributed by atoms with Crippen molar-refractivity contribution in [3.8, 4) is 11.3 Å². The van der Waals surface area contributed by atoms with Crippen molar-refractivity contribution in [2.24, 2.45) is 7.05 Å². The molecule has 0 saturated heterocycles. The van der Waals surface area contributed by atoms with Gasteiger partial charge in [0.1, 0.15) is 0 Å². The van der Waals surface area contributed by atoms with Gasteiger partial charge in [0, 0.05) is 29.4 Å². The molecule has 15 heavy (non-hydrogen) atoms. The Morgan fingerprint density at radius 3 is 2.73 bits per heavy atom. The van der Waals surface area contributed by atoms with Crippen LogP contribution in [0.3, 0.4) is 0 Å². The van der Waals surface area contributed by atoms with Crippen LogP contribution in [0.5, 0.6) is 0 Å². The molecule has 0 aliphatic rings. The number of benzene rings is 1. The van der Waals surface area contributed by atoms with Crippen molar-refractivity contribution in [1.82, 2.24) is 9.78 Å². The van der Waals surface area contributed by atoms with Gasteiger partial charge in [0.05, 0.1) is 5.69 Å². The molecule has 4 heteroatoms. The Morgan fingerprint density at radius 2 is 2.13 bits per heavy atom. The summed E-state index contributed by atoms with van der Waals surface area (Å²) in [7, 11) is 1.91. The average molecular weight is 219 g/mol. The maximum atomic E-state index is 5.84. The highest BCUT2D eigenvalue weighted by Crippen LogP contribution is 2.28. The smallest absolute Gasteiger partial charge is 0.0923 e. The summed E-state index contributed by atoms with van der Waals surface area (Å²) in [6.07, 6.45) is 3.96. The van der Waals surface area contributed by atoms with Crippen LogP contribution in [0.1, 0.15) is 0 Å². The third-order valence-electron chi connectivity index (χ3n) is 2.24. The molecule has 0 atom stereocenters. The van der Waals surface area contributed by atoms with E-state index in [4.69, 9.17) is 5.73 Å². The summed E-state index contributed by atoms with van der Waals surface area (Å²) in [5.41, 5.74) is 8.74. The number of thioether (sulfide) groups is 1. The summed E-state index contributed by atoms with van der Waals surface area (Å²) < 4.78 is 1.80. The third-order valence-corrected chi connectivity index (χ3v) is 3.04. The molecule has 1 aromatic carbocycles. The summed E-state index contributed by atoms with van der Waals surface area (Å²) in [5, 5.41) is 4.35. The lowest BCUT2D eigenvalue weighted by molar-refractivity contribution is 0.771. The number of hydrogen-bond donors (Lipinski definition) is 1. The molecule has 0 saturated carbocycles. The SMILES string of the molecule is CSc1cc(-c2ccn(C)n2)ccc1N. The lowest BCUT2D eigenvalue weighted by Crippen LogP contribution is -1.90. The largest absolute Gasteiger partial charge is 0.398 e. The van der Waals surface area contributed by atoms with Crippen molar-refractivity contribution >= 4 is 17.4 Å². The van der Waals surface area contributed by atoms with E-state index in [0.717, 1.165) is 21.8 Å². The molecular weight excluding hydrogens is 206 g/mol. The number of nitrogens with zero attached hydrogens (tertiary/aromatic N) is 2. The van der Waals surface area contributed by atoms with Gasteiger partial charge in [0.2, 0.25) is 0 Å². The number of aryl methyl sites for hydroxylation is 1. The van der Waals surface area contributed by atoms with Gasteiger partial charge < -0.3 is 5.73 Å². The second-order valence-electron chi connectivity index (χ2n) is 3.33. The number of hydrogen-bond acceptors (Lipinski definition) is 3. The van der Waals surface area contributed by atoms with E-state index in [9.17, 15) is 0 Å². The first-order valence-corrected chi connectivity index (χ1v) is 5.86.